The van der Waals surface area contributed by atoms with Crippen molar-refractivity contribution in [3.05, 3.63) is 30.0 Å². The standard InChI is InChI=1S/C21H28N8O/c1-28-12-21(13-28)8-10-29(11-9-21)16-6-4-15(5-7-16)24-20-25-19(23-14-2-3-14)17(18(22)30)26-27-20/h4-7,14H,2-3,8-13H2,1H3,(H2,22,30)(H2,23,24,25,27). The number of rotatable bonds is 6. The van der Waals surface area contributed by atoms with Gasteiger partial charge in [-0.2, -0.15) is 4.98 Å². The van der Waals surface area contributed by atoms with E-state index in [4.69, 9.17) is 5.73 Å². The molecule has 3 fully saturated rings. The van der Waals surface area contributed by atoms with Crippen molar-refractivity contribution in [3.8, 4) is 0 Å². The van der Waals surface area contributed by atoms with E-state index in [1.807, 2.05) is 12.1 Å². The first-order chi connectivity index (χ1) is 14.5. The van der Waals surface area contributed by atoms with Crippen molar-refractivity contribution in [3.63, 3.8) is 0 Å². The van der Waals surface area contributed by atoms with Crippen LogP contribution < -0.4 is 21.3 Å². The molecule has 9 nitrogen and oxygen atoms in total. The van der Waals surface area contributed by atoms with E-state index in [9.17, 15) is 4.79 Å². The number of piperidine rings is 1. The Hall–Kier alpha value is -2.94. The quantitative estimate of drug-likeness (QED) is 0.664. The van der Waals surface area contributed by atoms with Crippen molar-refractivity contribution in [2.24, 2.45) is 11.1 Å². The minimum Gasteiger partial charge on any atom is -0.371 e. The number of nitrogens with zero attached hydrogens (tertiary/aromatic N) is 5. The van der Waals surface area contributed by atoms with Crippen LogP contribution in [0.2, 0.25) is 0 Å². The number of primary amides is 1. The molecule has 1 saturated carbocycles. The lowest BCUT2D eigenvalue weighted by Gasteiger charge is -2.53. The van der Waals surface area contributed by atoms with E-state index in [0.717, 1.165) is 31.6 Å². The minimum atomic E-state index is -0.633. The monoisotopic (exact) mass is 408 g/mol. The molecule has 0 unspecified atom stereocenters. The number of amides is 1. The second-order valence-corrected chi connectivity index (χ2v) is 8.95. The zero-order valence-corrected chi connectivity index (χ0v) is 17.3. The number of likely N-dealkylation sites (tertiary alicyclic amines) is 1. The number of hydrogen-bond donors (Lipinski definition) is 3. The van der Waals surface area contributed by atoms with Crippen LogP contribution in [-0.4, -0.2) is 65.3 Å². The Kier molecular flexibility index (Phi) is 4.69. The summed E-state index contributed by atoms with van der Waals surface area (Å²) in [5.74, 6) is 0.0961. The van der Waals surface area contributed by atoms with Gasteiger partial charge in [-0.25, -0.2) is 0 Å². The van der Waals surface area contributed by atoms with Crippen molar-refractivity contribution in [2.75, 3.05) is 48.8 Å². The molecule has 3 aliphatic rings. The summed E-state index contributed by atoms with van der Waals surface area (Å²) in [6, 6.07) is 8.63. The van der Waals surface area contributed by atoms with E-state index < -0.39 is 5.91 Å². The van der Waals surface area contributed by atoms with E-state index in [-0.39, 0.29) is 5.69 Å². The topological polar surface area (TPSA) is 112 Å². The number of benzene rings is 1. The number of anilines is 4. The lowest BCUT2D eigenvalue weighted by molar-refractivity contribution is 0.00132. The van der Waals surface area contributed by atoms with Crippen molar-refractivity contribution < 1.29 is 4.79 Å². The van der Waals surface area contributed by atoms with E-state index in [1.54, 1.807) is 0 Å². The predicted octanol–water partition coefficient (Wildman–Crippen LogP) is 1.82. The van der Waals surface area contributed by atoms with Gasteiger partial charge in [0.15, 0.2) is 11.5 Å². The van der Waals surface area contributed by atoms with Gasteiger partial charge >= 0.3 is 0 Å². The zero-order chi connectivity index (χ0) is 20.7. The fourth-order valence-electron chi connectivity index (χ4n) is 4.61. The maximum Gasteiger partial charge on any atom is 0.273 e. The maximum atomic E-state index is 11.6. The summed E-state index contributed by atoms with van der Waals surface area (Å²) in [6.07, 6.45) is 4.64. The van der Waals surface area contributed by atoms with Gasteiger partial charge in [0.1, 0.15) is 0 Å². The molecule has 30 heavy (non-hydrogen) atoms. The molecule has 158 valence electrons. The molecule has 9 heteroatoms. The molecule has 1 amide bonds. The van der Waals surface area contributed by atoms with Crippen LogP contribution in [0.5, 0.6) is 0 Å². The predicted molar refractivity (Wildman–Crippen MR) is 116 cm³/mol. The van der Waals surface area contributed by atoms with Crippen LogP contribution in [0.15, 0.2) is 24.3 Å². The second kappa shape index (κ2) is 7.39. The molecule has 2 aromatic rings. The molecule has 0 atom stereocenters. The molecule has 1 aliphatic carbocycles. The fourth-order valence-corrected chi connectivity index (χ4v) is 4.61. The third kappa shape index (κ3) is 3.89. The highest BCUT2D eigenvalue weighted by atomic mass is 16.1. The highest BCUT2D eigenvalue weighted by Crippen LogP contribution is 2.40. The van der Waals surface area contributed by atoms with Gasteiger partial charge in [0.2, 0.25) is 5.95 Å². The number of nitrogens with two attached hydrogens (primary N) is 1. The number of carbonyl (C=O) groups excluding carboxylic acids is 1. The molecule has 2 saturated heterocycles. The third-order valence-corrected chi connectivity index (χ3v) is 6.36. The van der Waals surface area contributed by atoms with Gasteiger partial charge in [-0.15, -0.1) is 10.2 Å². The van der Waals surface area contributed by atoms with Gasteiger partial charge in [-0.3, -0.25) is 4.79 Å². The van der Waals surface area contributed by atoms with Gasteiger partial charge in [0.25, 0.3) is 5.91 Å². The first-order valence-electron chi connectivity index (χ1n) is 10.6. The third-order valence-electron chi connectivity index (χ3n) is 6.36. The summed E-state index contributed by atoms with van der Waals surface area (Å²) in [4.78, 5) is 20.9. The fraction of sp³-hybridized carbons (Fsp3) is 0.524. The van der Waals surface area contributed by atoms with Crippen LogP contribution in [0.1, 0.15) is 36.2 Å². The summed E-state index contributed by atoms with van der Waals surface area (Å²) >= 11 is 0. The molecule has 1 spiro atoms. The summed E-state index contributed by atoms with van der Waals surface area (Å²) < 4.78 is 0. The Labute approximate surface area is 176 Å². The zero-order valence-electron chi connectivity index (χ0n) is 17.3. The summed E-state index contributed by atoms with van der Waals surface area (Å²) in [6.45, 7) is 4.70. The molecular formula is C21H28N8O. The van der Waals surface area contributed by atoms with E-state index in [2.05, 4.69) is 54.8 Å². The number of aromatic nitrogens is 3. The molecular weight excluding hydrogens is 380 g/mol. The Morgan fingerprint density at radius 3 is 2.43 bits per heavy atom. The molecule has 4 N–H and O–H groups in total. The lowest BCUT2D eigenvalue weighted by Crippen LogP contribution is -2.58. The van der Waals surface area contributed by atoms with Gasteiger partial charge in [0, 0.05) is 43.6 Å². The lowest BCUT2D eigenvalue weighted by atomic mass is 9.72. The normalized spacial score (nSPS) is 20.6. The highest BCUT2D eigenvalue weighted by Gasteiger charge is 2.43. The van der Waals surface area contributed by atoms with Crippen molar-refractivity contribution in [1.82, 2.24) is 20.1 Å². The smallest absolute Gasteiger partial charge is 0.273 e. The SMILES string of the molecule is CN1CC2(CCN(c3ccc(Nc4nnc(C(N)=O)c(NC5CC5)n4)cc3)CC2)C1. The van der Waals surface area contributed by atoms with Crippen LogP contribution in [0.25, 0.3) is 0 Å². The van der Waals surface area contributed by atoms with Crippen molar-refractivity contribution in [2.45, 2.75) is 31.7 Å². The molecule has 1 aromatic heterocycles. The van der Waals surface area contributed by atoms with Crippen molar-refractivity contribution in [1.29, 1.82) is 0 Å². The first kappa shape index (κ1) is 19.0. The van der Waals surface area contributed by atoms with Crippen LogP contribution in [0.4, 0.5) is 23.1 Å². The summed E-state index contributed by atoms with van der Waals surface area (Å²) in [5, 5.41) is 14.3. The van der Waals surface area contributed by atoms with Crippen LogP contribution in [-0.2, 0) is 0 Å². The van der Waals surface area contributed by atoms with E-state index >= 15 is 0 Å². The minimum absolute atomic E-state index is 0.0725. The average molecular weight is 409 g/mol. The Bertz CT molecular complexity index is 927. The van der Waals surface area contributed by atoms with Crippen molar-refractivity contribution >= 4 is 29.0 Å². The van der Waals surface area contributed by atoms with Gasteiger partial charge < -0.3 is 26.2 Å². The molecule has 5 rings (SSSR count). The Balaban J connectivity index is 1.23. The largest absolute Gasteiger partial charge is 0.371 e. The maximum absolute atomic E-state index is 11.6. The Morgan fingerprint density at radius 2 is 1.83 bits per heavy atom. The number of nitrogens with one attached hydrogen (secondary N) is 2. The van der Waals surface area contributed by atoms with Gasteiger partial charge in [-0.1, -0.05) is 0 Å². The van der Waals surface area contributed by atoms with Crippen LogP contribution >= 0.6 is 0 Å². The molecule has 2 aliphatic heterocycles. The molecule has 0 bridgehead atoms. The molecule has 3 heterocycles. The van der Waals surface area contributed by atoms with Crippen LogP contribution in [0, 0.1) is 5.41 Å². The Morgan fingerprint density at radius 1 is 1.13 bits per heavy atom. The van der Waals surface area contributed by atoms with E-state index in [1.165, 1.54) is 31.6 Å². The van der Waals surface area contributed by atoms with Gasteiger partial charge in [0.05, 0.1) is 0 Å². The number of hydrogen-bond acceptors (Lipinski definition) is 8. The van der Waals surface area contributed by atoms with Gasteiger partial charge in [-0.05, 0) is 62.4 Å². The van der Waals surface area contributed by atoms with Crippen LogP contribution in [0.3, 0.4) is 0 Å². The summed E-state index contributed by atoms with van der Waals surface area (Å²) in [7, 11) is 2.20. The second-order valence-electron chi connectivity index (χ2n) is 8.95. The number of carbonyl (C=O) groups is 1. The highest BCUT2D eigenvalue weighted by molar-refractivity contribution is 5.95. The summed E-state index contributed by atoms with van der Waals surface area (Å²) in [5.41, 5.74) is 8.13. The average Bonchev–Trinajstić information content (AvgIpc) is 3.52. The molecule has 1 aromatic carbocycles. The first-order valence-corrected chi connectivity index (χ1v) is 10.6. The van der Waals surface area contributed by atoms with E-state index in [0.29, 0.717) is 23.2 Å². The molecule has 0 radical (unpaired) electrons.